The van der Waals surface area contributed by atoms with Crippen molar-refractivity contribution >= 4 is 21.6 Å². The van der Waals surface area contributed by atoms with E-state index in [1.165, 1.54) is 0 Å². The number of sulfone groups is 1. The molecule has 0 unspecified atom stereocenters. The lowest BCUT2D eigenvalue weighted by Crippen LogP contribution is -2.38. The van der Waals surface area contributed by atoms with E-state index in [0.29, 0.717) is 12.2 Å². The molecule has 0 saturated carbocycles. The van der Waals surface area contributed by atoms with Gasteiger partial charge in [-0.15, -0.1) is 0 Å². The van der Waals surface area contributed by atoms with E-state index in [0.717, 1.165) is 5.56 Å². The van der Waals surface area contributed by atoms with E-state index < -0.39 is 9.84 Å². The Hall–Kier alpha value is -1.47. The smallest absolute Gasteiger partial charge is 0.239 e. The summed E-state index contributed by atoms with van der Waals surface area (Å²) >= 11 is 0. The summed E-state index contributed by atoms with van der Waals surface area (Å²) in [6, 6.07) is 3.54. The van der Waals surface area contributed by atoms with Crippen LogP contribution in [-0.2, 0) is 14.6 Å². The topological polar surface area (TPSA) is 79.4 Å². The van der Waals surface area contributed by atoms with Gasteiger partial charge in [-0.1, -0.05) is 6.07 Å². The number of nitrogens with one attached hydrogen (secondary N) is 1. The number of aromatic nitrogens is 1. The third-order valence-corrected chi connectivity index (χ3v) is 5.15. The Morgan fingerprint density at radius 1 is 1.50 bits per heavy atom. The number of aryl methyl sites for hydroxylation is 1. The minimum absolute atomic E-state index is 0.0725. The highest BCUT2D eigenvalue weighted by Crippen LogP contribution is 2.16. The Balaban J connectivity index is 1.87. The molecule has 2 heterocycles. The van der Waals surface area contributed by atoms with Gasteiger partial charge in [-0.25, -0.2) is 13.4 Å². The fraction of sp³-hybridized carbons (Fsp3) is 0.538. The van der Waals surface area contributed by atoms with Crippen molar-refractivity contribution in [1.29, 1.82) is 0 Å². The van der Waals surface area contributed by atoms with Gasteiger partial charge in [0.2, 0.25) is 5.91 Å². The summed E-state index contributed by atoms with van der Waals surface area (Å²) in [6.07, 6.45) is 2.28. The normalized spacial score (nSPS) is 21.1. The minimum atomic E-state index is -2.93. The molecule has 0 spiro atoms. The van der Waals surface area contributed by atoms with Crippen LogP contribution >= 0.6 is 0 Å². The number of carbonyl (C=O) groups excluding carboxylic acids is 1. The molecule has 110 valence electrons. The zero-order valence-corrected chi connectivity index (χ0v) is 12.5. The van der Waals surface area contributed by atoms with E-state index >= 15 is 0 Å². The Morgan fingerprint density at radius 3 is 2.80 bits per heavy atom. The third-order valence-electron chi connectivity index (χ3n) is 3.40. The summed E-state index contributed by atoms with van der Waals surface area (Å²) in [4.78, 5) is 17.8. The highest BCUT2D eigenvalue weighted by atomic mass is 32.2. The van der Waals surface area contributed by atoms with E-state index in [4.69, 9.17) is 0 Å². The number of likely N-dealkylation sites (N-methyl/N-ethyl adjacent to an activating group) is 1. The fourth-order valence-electron chi connectivity index (χ4n) is 2.20. The van der Waals surface area contributed by atoms with Crippen LogP contribution in [0.4, 0.5) is 5.82 Å². The molecule has 0 aromatic carbocycles. The van der Waals surface area contributed by atoms with Gasteiger partial charge in [-0.3, -0.25) is 9.69 Å². The predicted molar refractivity (Wildman–Crippen MR) is 77.3 cm³/mol. The van der Waals surface area contributed by atoms with Crippen LogP contribution in [0.25, 0.3) is 0 Å². The summed E-state index contributed by atoms with van der Waals surface area (Å²) < 4.78 is 22.8. The average molecular weight is 297 g/mol. The molecular weight excluding hydrogens is 278 g/mol. The van der Waals surface area contributed by atoms with Crippen molar-refractivity contribution < 1.29 is 13.2 Å². The highest BCUT2D eigenvalue weighted by Gasteiger charge is 2.31. The summed E-state index contributed by atoms with van der Waals surface area (Å²) in [7, 11) is -1.15. The molecule has 7 heteroatoms. The van der Waals surface area contributed by atoms with Crippen LogP contribution < -0.4 is 5.32 Å². The van der Waals surface area contributed by atoms with Gasteiger partial charge in [0.25, 0.3) is 0 Å². The van der Waals surface area contributed by atoms with Crippen LogP contribution in [0.15, 0.2) is 18.3 Å². The number of carbonyl (C=O) groups is 1. The first-order valence-corrected chi connectivity index (χ1v) is 8.31. The lowest BCUT2D eigenvalue weighted by Gasteiger charge is -2.22. The molecule has 0 radical (unpaired) electrons. The lowest BCUT2D eigenvalue weighted by molar-refractivity contribution is -0.117. The number of hydrogen-bond acceptors (Lipinski definition) is 5. The molecule has 1 amide bonds. The van der Waals surface area contributed by atoms with Crippen molar-refractivity contribution in [1.82, 2.24) is 9.88 Å². The summed E-state index contributed by atoms with van der Waals surface area (Å²) in [6.45, 7) is 2.09. The molecule has 1 aromatic rings. The standard InChI is InChI=1S/C13H19N3O3S/c1-10-3-4-12(14-7-10)15-13(17)8-16(2)11-5-6-20(18,19)9-11/h3-4,7,11H,5-6,8-9H2,1-2H3,(H,14,15,17)/t11-/m0/s1. The van der Waals surface area contributed by atoms with Gasteiger partial charge >= 0.3 is 0 Å². The number of pyridine rings is 1. The molecular formula is C13H19N3O3S. The van der Waals surface area contributed by atoms with Crippen molar-refractivity contribution in [2.24, 2.45) is 0 Å². The number of nitrogens with zero attached hydrogens (tertiary/aromatic N) is 2. The van der Waals surface area contributed by atoms with Gasteiger partial charge in [0.05, 0.1) is 18.1 Å². The van der Waals surface area contributed by atoms with E-state index in [1.54, 1.807) is 24.2 Å². The van der Waals surface area contributed by atoms with E-state index in [9.17, 15) is 13.2 Å². The maximum Gasteiger partial charge on any atom is 0.239 e. The quantitative estimate of drug-likeness (QED) is 0.873. The van der Waals surface area contributed by atoms with Gasteiger partial charge < -0.3 is 5.32 Å². The monoisotopic (exact) mass is 297 g/mol. The Bertz CT molecular complexity index is 583. The van der Waals surface area contributed by atoms with Crippen LogP contribution in [-0.4, -0.2) is 55.3 Å². The first-order valence-electron chi connectivity index (χ1n) is 6.49. The van der Waals surface area contributed by atoms with Crippen LogP contribution in [0.5, 0.6) is 0 Å². The van der Waals surface area contributed by atoms with Crippen LogP contribution in [0.3, 0.4) is 0 Å². The Labute approximate surface area is 119 Å². The van der Waals surface area contributed by atoms with Gasteiger partial charge in [-0.2, -0.15) is 0 Å². The van der Waals surface area contributed by atoms with Crippen molar-refractivity contribution in [2.75, 3.05) is 30.4 Å². The maximum absolute atomic E-state index is 11.9. The molecule has 1 N–H and O–H groups in total. The third kappa shape index (κ3) is 4.01. The number of hydrogen-bond donors (Lipinski definition) is 1. The maximum atomic E-state index is 11.9. The van der Waals surface area contributed by atoms with Gasteiger partial charge in [0.15, 0.2) is 9.84 Å². The van der Waals surface area contributed by atoms with Crippen molar-refractivity contribution in [2.45, 2.75) is 19.4 Å². The molecule has 1 fully saturated rings. The minimum Gasteiger partial charge on any atom is -0.310 e. The molecule has 0 aliphatic carbocycles. The zero-order valence-electron chi connectivity index (χ0n) is 11.7. The highest BCUT2D eigenvalue weighted by molar-refractivity contribution is 7.91. The van der Waals surface area contributed by atoms with Crippen LogP contribution in [0.1, 0.15) is 12.0 Å². The number of anilines is 1. The van der Waals surface area contributed by atoms with Gasteiger partial charge in [0, 0.05) is 12.2 Å². The van der Waals surface area contributed by atoms with Crippen molar-refractivity contribution in [3.63, 3.8) is 0 Å². The molecule has 2 rings (SSSR count). The molecule has 6 nitrogen and oxygen atoms in total. The molecule has 20 heavy (non-hydrogen) atoms. The molecule has 1 aliphatic rings. The van der Waals surface area contributed by atoms with Crippen molar-refractivity contribution in [3.05, 3.63) is 23.9 Å². The lowest BCUT2D eigenvalue weighted by atomic mass is 10.2. The first kappa shape index (κ1) is 14.9. The fourth-order valence-corrected chi connectivity index (χ4v) is 4.01. The second-order valence-electron chi connectivity index (χ2n) is 5.24. The molecule has 1 saturated heterocycles. The predicted octanol–water partition coefficient (Wildman–Crippen LogP) is 0.447. The molecule has 1 atom stereocenters. The SMILES string of the molecule is Cc1ccc(NC(=O)CN(C)[C@H]2CCS(=O)(=O)C2)nc1. The largest absolute Gasteiger partial charge is 0.310 e. The second kappa shape index (κ2) is 5.88. The van der Waals surface area contributed by atoms with Gasteiger partial charge in [-0.05, 0) is 32.0 Å². The summed E-state index contributed by atoms with van der Waals surface area (Å²) in [5, 5.41) is 2.70. The van der Waals surface area contributed by atoms with E-state index in [-0.39, 0.29) is 30.0 Å². The Morgan fingerprint density at radius 2 is 2.25 bits per heavy atom. The van der Waals surface area contributed by atoms with Crippen LogP contribution in [0, 0.1) is 6.92 Å². The summed E-state index contributed by atoms with van der Waals surface area (Å²) in [5.74, 6) is 0.670. The molecule has 0 bridgehead atoms. The Kier molecular flexibility index (Phi) is 4.39. The number of rotatable bonds is 4. The van der Waals surface area contributed by atoms with Crippen LogP contribution in [0.2, 0.25) is 0 Å². The summed E-state index contributed by atoms with van der Waals surface area (Å²) in [5.41, 5.74) is 1.02. The van der Waals surface area contributed by atoms with E-state index in [1.807, 2.05) is 13.0 Å². The molecule has 1 aliphatic heterocycles. The molecule has 1 aromatic heterocycles. The second-order valence-corrected chi connectivity index (χ2v) is 7.47. The first-order chi connectivity index (χ1) is 9.35. The van der Waals surface area contributed by atoms with Crippen molar-refractivity contribution in [3.8, 4) is 0 Å². The average Bonchev–Trinajstić information content (AvgIpc) is 2.73. The van der Waals surface area contributed by atoms with E-state index in [2.05, 4.69) is 10.3 Å². The zero-order chi connectivity index (χ0) is 14.8. The van der Waals surface area contributed by atoms with Gasteiger partial charge in [0.1, 0.15) is 5.82 Å². The number of amides is 1.